The lowest BCUT2D eigenvalue weighted by molar-refractivity contribution is 0.636. The van der Waals surface area contributed by atoms with Gasteiger partial charge in [0.05, 0.1) is 15.7 Å². The van der Waals surface area contributed by atoms with Gasteiger partial charge in [-0.2, -0.15) is 0 Å². The maximum absolute atomic E-state index is 13.7. The highest BCUT2D eigenvalue weighted by Gasteiger charge is 2.09. The van der Waals surface area contributed by atoms with E-state index in [-0.39, 0.29) is 5.69 Å². The Balaban J connectivity index is 2.59. The predicted octanol–water partition coefficient (Wildman–Crippen LogP) is 4.38. The summed E-state index contributed by atoms with van der Waals surface area (Å²) in [6, 6.07) is 9.79. The zero-order valence-electron chi connectivity index (χ0n) is 8.18. The van der Waals surface area contributed by atoms with Gasteiger partial charge in [-0.15, -0.1) is 0 Å². The Labute approximate surface area is 103 Å². The summed E-state index contributed by atoms with van der Waals surface area (Å²) in [6.07, 6.45) is 0. The van der Waals surface area contributed by atoms with E-state index in [0.717, 1.165) is 0 Å². The molecule has 82 valence electrons. The minimum absolute atomic E-state index is 0.114. The van der Waals surface area contributed by atoms with Crippen molar-refractivity contribution in [2.75, 3.05) is 5.73 Å². The minimum Gasteiger partial charge on any atom is -0.396 e. The van der Waals surface area contributed by atoms with Gasteiger partial charge in [0.15, 0.2) is 5.82 Å². The van der Waals surface area contributed by atoms with E-state index in [4.69, 9.17) is 28.9 Å². The summed E-state index contributed by atoms with van der Waals surface area (Å²) in [5.74, 6) is -0.444. The van der Waals surface area contributed by atoms with E-state index in [1.165, 1.54) is 6.07 Å². The van der Waals surface area contributed by atoms with Crippen molar-refractivity contribution in [2.45, 2.75) is 0 Å². The first-order valence-electron chi connectivity index (χ1n) is 4.59. The standard InChI is InChI=1S/C12H8Cl2FN/c13-9-5-4-7(6-10(9)14)8-2-1-3-11(16)12(8)15/h1-6H,16H2. The number of benzene rings is 2. The van der Waals surface area contributed by atoms with Gasteiger partial charge in [-0.1, -0.05) is 41.4 Å². The molecule has 0 bridgehead atoms. The molecule has 2 aromatic rings. The molecule has 0 aliphatic carbocycles. The van der Waals surface area contributed by atoms with Crippen LogP contribution in [0.1, 0.15) is 0 Å². The first-order valence-corrected chi connectivity index (χ1v) is 5.34. The lowest BCUT2D eigenvalue weighted by atomic mass is 10.0. The van der Waals surface area contributed by atoms with E-state index < -0.39 is 5.82 Å². The van der Waals surface area contributed by atoms with E-state index in [1.54, 1.807) is 30.3 Å². The van der Waals surface area contributed by atoms with E-state index in [0.29, 0.717) is 21.2 Å². The summed E-state index contributed by atoms with van der Waals surface area (Å²) in [7, 11) is 0. The SMILES string of the molecule is Nc1cccc(-c2ccc(Cl)c(Cl)c2)c1F. The monoisotopic (exact) mass is 255 g/mol. The molecular weight excluding hydrogens is 248 g/mol. The number of anilines is 1. The third-order valence-corrected chi connectivity index (χ3v) is 3.00. The molecule has 4 heteroatoms. The smallest absolute Gasteiger partial charge is 0.153 e. The van der Waals surface area contributed by atoms with Crippen LogP contribution in [0.3, 0.4) is 0 Å². The van der Waals surface area contributed by atoms with Crippen LogP contribution in [-0.4, -0.2) is 0 Å². The first kappa shape index (κ1) is 11.2. The van der Waals surface area contributed by atoms with Gasteiger partial charge in [-0.05, 0) is 23.8 Å². The van der Waals surface area contributed by atoms with Crippen LogP contribution in [0.5, 0.6) is 0 Å². The van der Waals surface area contributed by atoms with Crippen LogP contribution < -0.4 is 5.73 Å². The Morgan fingerprint density at radius 2 is 1.75 bits per heavy atom. The van der Waals surface area contributed by atoms with E-state index in [2.05, 4.69) is 0 Å². The molecule has 0 aliphatic heterocycles. The summed E-state index contributed by atoms with van der Waals surface area (Å²) in [5, 5.41) is 0.829. The molecular formula is C12H8Cl2FN. The van der Waals surface area contributed by atoms with Gasteiger partial charge in [-0.25, -0.2) is 4.39 Å². The Morgan fingerprint density at radius 1 is 1.00 bits per heavy atom. The molecule has 0 unspecified atom stereocenters. The van der Waals surface area contributed by atoms with Crippen molar-refractivity contribution in [3.8, 4) is 11.1 Å². The topological polar surface area (TPSA) is 26.0 Å². The molecule has 16 heavy (non-hydrogen) atoms. The van der Waals surface area contributed by atoms with Crippen LogP contribution in [0.2, 0.25) is 10.0 Å². The van der Waals surface area contributed by atoms with Crippen molar-refractivity contribution in [1.29, 1.82) is 0 Å². The van der Waals surface area contributed by atoms with Crippen molar-refractivity contribution in [3.05, 3.63) is 52.3 Å². The minimum atomic E-state index is -0.444. The molecule has 0 aliphatic rings. The van der Waals surface area contributed by atoms with Gasteiger partial charge in [0.2, 0.25) is 0 Å². The molecule has 0 fully saturated rings. The maximum atomic E-state index is 13.7. The maximum Gasteiger partial charge on any atom is 0.153 e. The Bertz CT molecular complexity index is 541. The molecule has 0 heterocycles. The molecule has 0 saturated heterocycles. The molecule has 2 aromatic carbocycles. The van der Waals surface area contributed by atoms with Gasteiger partial charge < -0.3 is 5.73 Å². The second kappa shape index (κ2) is 4.32. The Kier molecular flexibility index (Phi) is 3.03. The number of nitrogens with two attached hydrogens (primary N) is 1. The fraction of sp³-hybridized carbons (Fsp3) is 0. The van der Waals surface area contributed by atoms with Crippen molar-refractivity contribution in [2.24, 2.45) is 0 Å². The first-order chi connectivity index (χ1) is 7.59. The van der Waals surface area contributed by atoms with Crippen molar-refractivity contribution < 1.29 is 4.39 Å². The molecule has 2 rings (SSSR count). The number of rotatable bonds is 1. The van der Waals surface area contributed by atoms with E-state index in [9.17, 15) is 4.39 Å². The molecule has 0 saturated carbocycles. The summed E-state index contributed by atoms with van der Waals surface area (Å²) < 4.78 is 13.7. The number of nitrogen functional groups attached to an aromatic ring is 1. The van der Waals surface area contributed by atoms with Gasteiger partial charge in [0, 0.05) is 5.56 Å². The summed E-state index contributed by atoms with van der Waals surface area (Å²) in [5.41, 5.74) is 6.67. The number of halogens is 3. The zero-order valence-corrected chi connectivity index (χ0v) is 9.69. The molecule has 0 radical (unpaired) electrons. The van der Waals surface area contributed by atoms with Gasteiger partial charge in [-0.3, -0.25) is 0 Å². The van der Waals surface area contributed by atoms with Crippen molar-refractivity contribution in [1.82, 2.24) is 0 Å². The Hall–Kier alpha value is -1.25. The highest BCUT2D eigenvalue weighted by Crippen LogP contribution is 2.31. The van der Waals surface area contributed by atoms with Crippen LogP contribution in [0.15, 0.2) is 36.4 Å². The fourth-order valence-electron chi connectivity index (χ4n) is 1.44. The van der Waals surface area contributed by atoms with Crippen LogP contribution in [0, 0.1) is 5.82 Å². The molecule has 0 spiro atoms. The van der Waals surface area contributed by atoms with Gasteiger partial charge >= 0.3 is 0 Å². The van der Waals surface area contributed by atoms with Crippen LogP contribution >= 0.6 is 23.2 Å². The quantitative estimate of drug-likeness (QED) is 0.752. The molecule has 2 N–H and O–H groups in total. The summed E-state index contributed by atoms with van der Waals surface area (Å²) in [6.45, 7) is 0. The second-order valence-electron chi connectivity index (χ2n) is 3.34. The lowest BCUT2D eigenvalue weighted by Gasteiger charge is -2.06. The van der Waals surface area contributed by atoms with Crippen LogP contribution in [-0.2, 0) is 0 Å². The van der Waals surface area contributed by atoms with Crippen molar-refractivity contribution in [3.63, 3.8) is 0 Å². The Morgan fingerprint density at radius 3 is 2.44 bits per heavy atom. The van der Waals surface area contributed by atoms with Gasteiger partial charge in [0.25, 0.3) is 0 Å². The average Bonchev–Trinajstić information content (AvgIpc) is 2.26. The highest BCUT2D eigenvalue weighted by atomic mass is 35.5. The normalized spacial score (nSPS) is 10.4. The van der Waals surface area contributed by atoms with Crippen LogP contribution in [0.4, 0.5) is 10.1 Å². The second-order valence-corrected chi connectivity index (χ2v) is 4.15. The van der Waals surface area contributed by atoms with Crippen LogP contribution in [0.25, 0.3) is 11.1 Å². The summed E-state index contributed by atoms with van der Waals surface area (Å²) >= 11 is 11.7. The lowest BCUT2D eigenvalue weighted by Crippen LogP contribution is -1.92. The zero-order chi connectivity index (χ0) is 11.7. The molecule has 0 aromatic heterocycles. The van der Waals surface area contributed by atoms with Gasteiger partial charge in [0.1, 0.15) is 0 Å². The van der Waals surface area contributed by atoms with Crippen molar-refractivity contribution >= 4 is 28.9 Å². The third-order valence-electron chi connectivity index (χ3n) is 2.26. The summed E-state index contributed by atoms with van der Waals surface area (Å²) in [4.78, 5) is 0. The number of hydrogen-bond donors (Lipinski definition) is 1. The van der Waals surface area contributed by atoms with E-state index in [1.807, 2.05) is 0 Å². The molecule has 0 amide bonds. The highest BCUT2D eigenvalue weighted by molar-refractivity contribution is 6.42. The third kappa shape index (κ3) is 1.99. The molecule has 1 nitrogen and oxygen atoms in total. The largest absolute Gasteiger partial charge is 0.396 e. The predicted molar refractivity (Wildman–Crippen MR) is 66.3 cm³/mol. The van der Waals surface area contributed by atoms with E-state index >= 15 is 0 Å². The number of hydrogen-bond acceptors (Lipinski definition) is 1. The fourth-order valence-corrected chi connectivity index (χ4v) is 1.73. The molecule has 0 atom stereocenters. The average molecular weight is 256 g/mol.